The van der Waals surface area contributed by atoms with Gasteiger partial charge in [0.2, 0.25) is 0 Å². The first-order valence-corrected chi connectivity index (χ1v) is 5.82. The molecule has 0 aliphatic heterocycles. The average Bonchev–Trinajstić information content (AvgIpc) is 3.04. The average molecular weight is 234 g/mol. The van der Waals surface area contributed by atoms with Crippen LogP contribution in [0.1, 0.15) is 35.1 Å². The summed E-state index contributed by atoms with van der Waals surface area (Å²) in [4.78, 5) is 11.4. The third kappa shape index (κ3) is 1.61. The van der Waals surface area contributed by atoms with Crippen molar-refractivity contribution in [2.75, 3.05) is 7.11 Å². The van der Waals surface area contributed by atoms with Crippen LogP contribution >= 0.6 is 0 Å². The smallest absolute Gasteiger partial charge is 0.314 e. The summed E-state index contributed by atoms with van der Waals surface area (Å²) < 4.78 is 5.45. The molecule has 0 heterocycles. The Morgan fingerprint density at radius 2 is 1.88 bits per heavy atom. The Morgan fingerprint density at radius 3 is 2.29 bits per heavy atom. The lowest BCUT2D eigenvalue weighted by Crippen LogP contribution is -2.22. The predicted molar refractivity (Wildman–Crippen MR) is 65.8 cm³/mol. The molecule has 0 spiro atoms. The summed E-state index contributed by atoms with van der Waals surface area (Å²) in [5.41, 5.74) is 3.37. The van der Waals surface area contributed by atoms with Crippen LogP contribution in [0.5, 0.6) is 5.75 Å². The van der Waals surface area contributed by atoms with Gasteiger partial charge in [-0.15, -0.1) is 0 Å². The molecule has 3 nitrogen and oxygen atoms in total. The maximum atomic E-state index is 11.4. The van der Waals surface area contributed by atoms with Crippen LogP contribution in [-0.2, 0) is 10.2 Å². The number of carboxylic acids is 1. The number of aryl methyl sites for hydroxylation is 2. The van der Waals surface area contributed by atoms with E-state index in [0.717, 1.165) is 28.0 Å². The van der Waals surface area contributed by atoms with Crippen molar-refractivity contribution in [3.8, 4) is 5.75 Å². The van der Waals surface area contributed by atoms with Crippen LogP contribution < -0.4 is 4.74 Å². The Labute approximate surface area is 101 Å². The van der Waals surface area contributed by atoms with Gasteiger partial charge in [0.05, 0.1) is 12.5 Å². The highest BCUT2D eigenvalue weighted by atomic mass is 16.5. The van der Waals surface area contributed by atoms with Crippen molar-refractivity contribution in [3.63, 3.8) is 0 Å². The van der Waals surface area contributed by atoms with Gasteiger partial charge in [0.15, 0.2) is 0 Å². The van der Waals surface area contributed by atoms with E-state index in [1.165, 1.54) is 0 Å². The van der Waals surface area contributed by atoms with E-state index in [-0.39, 0.29) is 0 Å². The first-order valence-electron chi connectivity index (χ1n) is 5.82. The van der Waals surface area contributed by atoms with Crippen molar-refractivity contribution in [3.05, 3.63) is 28.3 Å². The number of hydrogen-bond donors (Lipinski definition) is 1. The van der Waals surface area contributed by atoms with Crippen LogP contribution in [0, 0.1) is 20.8 Å². The van der Waals surface area contributed by atoms with Crippen molar-refractivity contribution >= 4 is 5.97 Å². The molecule has 2 rings (SSSR count). The van der Waals surface area contributed by atoms with E-state index >= 15 is 0 Å². The molecule has 1 fully saturated rings. The molecule has 0 atom stereocenters. The summed E-state index contributed by atoms with van der Waals surface area (Å²) in [7, 11) is 1.61. The van der Waals surface area contributed by atoms with Crippen molar-refractivity contribution < 1.29 is 14.6 Å². The van der Waals surface area contributed by atoms with Crippen LogP contribution in [0.25, 0.3) is 0 Å². The lowest BCUT2D eigenvalue weighted by Gasteiger charge is -2.21. The third-order valence-electron chi connectivity index (χ3n) is 3.83. The Hall–Kier alpha value is -1.51. The van der Waals surface area contributed by atoms with Gasteiger partial charge in [0.1, 0.15) is 5.75 Å². The first kappa shape index (κ1) is 12.0. The zero-order valence-electron chi connectivity index (χ0n) is 10.8. The molecule has 3 heteroatoms. The minimum atomic E-state index is -0.734. The first-order chi connectivity index (χ1) is 7.94. The van der Waals surface area contributed by atoms with Crippen molar-refractivity contribution in [1.82, 2.24) is 0 Å². The quantitative estimate of drug-likeness (QED) is 0.874. The number of methoxy groups -OCH3 is 1. The van der Waals surface area contributed by atoms with Gasteiger partial charge in [-0.1, -0.05) is 6.07 Å². The van der Waals surface area contributed by atoms with Crippen LogP contribution in [0.4, 0.5) is 0 Å². The fraction of sp³-hybridized carbons (Fsp3) is 0.500. The largest absolute Gasteiger partial charge is 0.496 e. The van der Waals surface area contributed by atoms with Crippen LogP contribution in [0.2, 0.25) is 0 Å². The van der Waals surface area contributed by atoms with Crippen LogP contribution in [-0.4, -0.2) is 18.2 Å². The minimum absolute atomic E-state index is 0.701. The lowest BCUT2D eigenvalue weighted by atomic mass is 9.87. The molecule has 1 aromatic carbocycles. The molecule has 0 aromatic heterocycles. The molecule has 17 heavy (non-hydrogen) atoms. The number of ether oxygens (including phenoxy) is 1. The van der Waals surface area contributed by atoms with Gasteiger partial charge in [-0.2, -0.15) is 0 Å². The third-order valence-corrected chi connectivity index (χ3v) is 3.83. The fourth-order valence-electron chi connectivity index (χ4n) is 2.60. The Balaban J connectivity index is 2.69. The maximum Gasteiger partial charge on any atom is 0.314 e. The Kier molecular flexibility index (Phi) is 2.64. The van der Waals surface area contributed by atoms with Gasteiger partial charge < -0.3 is 9.84 Å². The molecule has 1 aliphatic rings. The van der Waals surface area contributed by atoms with E-state index in [1.54, 1.807) is 7.11 Å². The molecular formula is C14H18O3. The molecule has 0 radical (unpaired) electrons. The highest BCUT2D eigenvalue weighted by Crippen LogP contribution is 2.53. The molecule has 1 N–H and O–H groups in total. The van der Waals surface area contributed by atoms with E-state index in [1.807, 2.05) is 20.8 Å². The van der Waals surface area contributed by atoms with Crippen molar-refractivity contribution in [2.45, 2.75) is 39.0 Å². The summed E-state index contributed by atoms with van der Waals surface area (Å²) in [6, 6.07) is 2.05. The maximum absolute atomic E-state index is 11.4. The molecular weight excluding hydrogens is 216 g/mol. The lowest BCUT2D eigenvalue weighted by molar-refractivity contribution is -0.140. The van der Waals surface area contributed by atoms with E-state index in [0.29, 0.717) is 12.8 Å². The number of benzene rings is 1. The zero-order chi connectivity index (χ0) is 12.8. The number of aliphatic carboxylic acids is 1. The molecule has 1 saturated carbocycles. The second-order valence-corrected chi connectivity index (χ2v) is 4.93. The predicted octanol–water partition coefficient (Wildman–Crippen LogP) is 2.74. The van der Waals surface area contributed by atoms with Gasteiger partial charge in [0.25, 0.3) is 0 Å². The number of rotatable bonds is 3. The molecule has 1 aromatic rings. The van der Waals surface area contributed by atoms with Gasteiger partial charge in [-0.05, 0) is 50.3 Å². The summed E-state index contributed by atoms with van der Waals surface area (Å²) >= 11 is 0. The molecule has 1 aliphatic carbocycles. The fourth-order valence-corrected chi connectivity index (χ4v) is 2.60. The normalized spacial score (nSPS) is 16.7. The SMILES string of the molecule is COc1c(C)c(C)cc(C)c1C1(C(=O)O)CC1. The summed E-state index contributed by atoms with van der Waals surface area (Å²) in [5, 5.41) is 9.41. The standard InChI is InChI=1S/C14H18O3/c1-8-7-9(2)11(12(17-4)10(8)3)14(5-6-14)13(15)16/h7H,5-6H2,1-4H3,(H,15,16). The van der Waals surface area contributed by atoms with Crippen LogP contribution in [0.15, 0.2) is 6.07 Å². The topological polar surface area (TPSA) is 46.5 Å². The number of hydrogen-bond acceptors (Lipinski definition) is 2. The van der Waals surface area contributed by atoms with E-state index in [4.69, 9.17) is 4.74 Å². The van der Waals surface area contributed by atoms with Gasteiger partial charge in [0, 0.05) is 5.56 Å². The second-order valence-electron chi connectivity index (χ2n) is 4.93. The van der Waals surface area contributed by atoms with Crippen LogP contribution in [0.3, 0.4) is 0 Å². The number of carboxylic acid groups (broad SMARTS) is 1. The van der Waals surface area contributed by atoms with Crippen molar-refractivity contribution in [2.24, 2.45) is 0 Å². The van der Waals surface area contributed by atoms with Gasteiger partial charge >= 0.3 is 5.97 Å². The highest BCUT2D eigenvalue weighted by molar-refractivity contribution is 5.87. The molecule has 0 saturated heterocycles. The minimum Gasteiger partial charge on any atom is -0.496 e. The Morgan fingerprint density at radius 1 is 1.29 bits per heavy atom. The van der Waals surface area contributed by atoms with Gasteiger partial charge in [-0.3, -0.25) is 4.79 Å². The summed E-state index contributed by atoms with van der Waals surface area (Å²) in [6.45, 7) is 5.97. The monoisotopic (exact) mass is 234 g/mol. The molecule has 0 unspecified atom stereocenters. The highest BCUT2D eigenvalue weighted by Gasteiger charge is 2.54. The van der Waals surface area contributed by atoms with Gasteiger partial charge in [-0.25, -0.2) is 0 Å². The van der Waals surface area contributed by atoms with Crippen molar-refractivity contribution in [1.29, 1.82) is 0 Å². The van der Waals surface area contributed by atoms with E-state index in [9.17, 15) is 9.90 Å². The molecule has 0 amide bonds. The number of carbonyl (C=O) groups is 1. The van der Waals surface area contributed by atoms with E-state index < -0.39 is 11.4 Å². The Bertz CT molecular complexity index is 485. The second kappa shape index (κ2) is 3.76. The zero-order valence-corrected chi connectivity index (χ0v) is 10.8. The molecule has 92 valence electrons. The van der Waals surface area contributed by atoms with E-state index in [2.05, 4.69) is 6.07 Å². The molecule has 0 bridgehead atoms. The summed E-state index contributed by atoms with van der Waals surface area (Å²) in [6.07, 6.45) is 1.42. The summed E-state index contributed by atoms with van der Waals surface area (Å²) in [5.74, 6) is 0.0181.